The van der Waals surface area contributed by atoms with Gasteiger partial charge in [-0.05, 0) is 18.2 Å². The van der Waals surface area contributed by atoms with Crippen LogP contribution in [0.4, 0.5) is 5.82 Å². The highest BCUT2D eigenvalue weighted by atomic mass is 16.3. The van der Waals surface area contributed by atoms with Crippen LogP contribution < -0.4 is 5.32 Å². The van der Waals surface area contributed by atoms with Crippen LogP contribution in [0.2, 0.25) is 0 Å². The Kier molecular flexibility index (Phi) is 2.60. The van der Waals surface area contributed by atoms with Gasteiger partial charge in [0.15, 0.2) is 0 Å². The number of pyridine rings is 1. The lowest BCUT2D eigenvalue weighted by molar-refractivity contribution is -0.118. The van der Waals surface area contributed by atoms with Crippen molar-refractivity contribution in [3.63, 3.8) is 0 Å². The van der Waals surface area contributed by atoms with Gasteiger partial charge in [-0.1, -0.05) is 18.2 Å². The number of anilines is 1. The Hall–Kier alpha value is -1.94. The third-order valence-electron chi connectivity index (χ3n) is 2.01. The highest BCUT2D eigenvalue weighted by Gasteiger charge is 2.01. The number of aliphatic hydroxyl groups excluding tert-OH is 1. The van der Waals surface area contributed by atoms with E-state index in [-0.39, 0.29) is 0 Å². The van der Waals surface area contributed by atoms with Gasteiger partial charge in [0.1, 0.15) is 12.4 Å². The van der Waals surface area contributed by atoms with Gasteiger partial charge in [0.25, 0.3) is 5.91 Å². The average molecular weight is 202 g/mol. The molecule has 1 aromatic carbocycles. The van der Waals surface area contributed by atoms with Crippen molar-refractivity contribution in [3.8, 4) is 0 Å². The monoisotopic (exact) mass is 202 g/mol. The van der Waals surface area contributed by atoms with E-state index in [1.807, 2.05) is 30.3 Å². The summed E-state index contributed by atoms with van der Waals surface area (Å²) < 4.78 is 0. The molecule has 0 aliphatic heterocycles. The molecule has 0 bridgehead atoms. The first-order valence-corrected chi connectivity index (χ1v) is 4.56. The number of hydrogen-bond donors (Lipinski definition) is 2. The smallest absolute Gasteiger partial charge is 0.251 e. The first-order valence-electron chi connectivity index (χ1n) is 4.56. The van der Waals surface area contributed by atoms with E-state index in [1.165, 1.54) is 0 Å². The molecule has 0 unspecified atom stereocenters. The van der Waals surface area contributed by atoms with E-state index in [2.05, 4.69) is 10.3 Å². The second-order valence-electron chi connectivity index (χ2n) is 3.10. The van der Waals surface area contributed by atoms with Crippen molar-refractivity contribution < 1.29 is 9.90 Å². The Labute approximate surface area is 86.6 Å². The second kappa shape index (κ2) is 4.06. The van der Waals surface area contributed by atoms with Crippen LogP contribution in [-0.2, 0) is 4.79 Å². The van der Waals surface area contributed by atoms with E-state index < -0.39 is 12.5 Å². The molecule has 0 radical (unpaired) electrons. The van der Waals surface area contributed by atoms with Crippen LogP contribution in [0.1, 0.15) is 0 Å². The molecule has 2 rings (SSSR count). The van der Waals surface area contributed by atoms with Crippen LogP contribution in [0.3, 0.4) is 0 Å². The maximum atomic E-state index is 10.9. The topological polar surface area (TPSA) is 62.2 Å². The van der Waals surface area contributed by atoms with Gasteiger partial charge in [-0.2, -0.15) is 0 Å². The van der Waals surface area contributed by atoms with Crippen LogP contribution in [0, 0.1) is 0 Å². The van der Waals surface area contributed by atoms with E-state index in [9.17, 15) is 4.79 Å². The number of fused-ring (bicyclic) bond motifs is 1. The molecule has 0 saturated heterocycles. The number of carbonyl (C=O) groups excluding carboxylic acids is 1. The van der Waals surface area contributed by atoms with Crippen molar-refractivity contribution in [1.82, 2.24) is 4.98 Å². The molecule has 15 heavy (non-hydrogen) atoms. The van der Waals surface area contributed by atoms with Gasteiger partial charge in [-0.25, -0.2) is 4.98 Å². The Morgan fingerprint density at radius 3 is 2.87 bits per heavy atom. The van der Waals surface area contributed by atoms with Crippen molar-refractivity contribution in [3.05, 3.63) is 36.4 Å². The summed E-state index contributed by atoms with van der Waals surface area (Å²) >= 11 is 0. The number of aromatic nitrogens is 1. The summed E-state index contributed by atoms with van der Waals surface area (Å²) in [5, 5.41) is 12.1. The Morgan fingerprint density at radius 2 is 2.07 bits per heavy atom. The van der Waals surface area contributed by atoms with Crippen molar-refractivity contribution in [2.24, 2.45) is 0 Å². The SMILES string of the molecule is O=C(CO)Nc1ccc2ccccc2n1. The molecule has 2 aromatic rings. The van der Waals surface area contributed by atoms with E-state index >= 15 is 0 Å². The van der Waals surface area contributed by atoms with Crippen molar-refractivity contribution in [1.29, 1.82) is 0 Å². The number of rotatable bonds is 2. The molecule has 0 aliphatic carbocycles. The van der Waals surface area contributed by atoms with Crippen molar-refractivity contribution >= 4 is 22.6 Å². The van der Waals surface area contributed by atoms with Gasteiger partial charge >= 0.3 is 0 Å². The summed E-state index contributed by atoms with van der Waals surface area (Å²) in [6, 6.07) is 11.2. The maximum Gasteiger partial charge on any atom is 0.251 e. The molecule has 4 nitrogen and oxygen atoms in total. The predicted molar refractivity (Wildman–Crippen MR) is 57.5 cm³/mol. The zero-order valence-corrected chi connectivity index (χ0v) is 7.97. The average Bonchev–Trinajstić information content (AvgIpc) is 2.29. The summed E-state index contributed by atoms with van der Waals surface area (Å²) in [4.78, 5) is 15.1. The minimum Gasteiger partial charge on any atom is -0.387 e. The molecule has 4 heteroatoms. The molecule has 0 spiro atoms. The number of para-hydroxylation sites is 1. The lowest BCUT2D eigenvalue weighted by Gasteiger charge is -2.03. The van der Waals surface area contributed by atoms with Crippen molar-refractivity contribution in [2.45, 2.75) is 0 Å². The van der Waals surface area contributed by atoms with Gasteiger partial charge in [0.2, 0.25) is 0 Å². The number of amides is 1. The Morgan fingerprint density at radius 1 is 1.27 bits per heavy atom. The summed E-state index contributed by atoms with van der Waals surface area (Å²) in [5.74, 6) is -0.00877. The number of benzene rings is 1. The van der Waals surface area contributed by atoms with Crippen LogP contribution in [0.5, 0.6) is 0 Å². The molecular weight excluding hydrogens is 192 g/mol. The molecule has 1 aromatic heterocycles. The summed E-state index contributed by atoms with van der Waals surface area (Å²) in [7, 11) is 0. The van der Waals surface area contributed by atoms with Gasteiger partial charge in [-0.3, -0.25) is 4.79 Å². The quantitative estimate of drug-likeness (QED) is 0.768. The van der Waals surface area contributed by atoms with Crippen LogP contribution in [0.25, 0.3) is 10.9 Å². The summed E-state index contributed by atoms with van der Waals surface area (Å²) in [6.07, 6.45) is 0. The largest absolute Gasteiger partial charge is 0.387 e. The highest BCUT2D eigenvalue weighted by molar-refractivity contribution is 5.92. The van der Waals surface area contributed by atoms with E-state index in [1.54, 1.807) is 6.07 Å². The zero-order chi connectivity index (χ0) is 10.7. The highest BCUT2D eigenvalue weighted by Crippen LogP contribution is 2.14. The predicted octanol–water partition coefficient (Wildman–Crippen LogP) is 1.17. The molecule has 76 valence electrons. The van der Waals surface area contributed by atoms with Gasteiger partial charge < -0.3 is 10.4 Å². The number of carbonyl (C=O) groups is 1. The first-order chi connectivity index (χ1) is 7.29. The van der Waals surface area contributed by atoms with Crippen LogP contribution in [0.15, 0.2) is 36.4 Å². The van der Waals surface area contributed by atoms with Crippen LogP contribution >= 0.6 is 0 Å². The molecule has 1 amide bonds. The summed E-state index contributed by atoms with van der Waals surface area (Å²) in [6.45, 7) is -0.533. The number of nitrogens with one attached hydrogen (secondary N) is 1. The van der Waals surface area contributed by atoms with Gasteiger partial charge in [0, 0.05) is 5.39 Å². The minimum atomic E-state index is -0.533. The minimum absolute atomic E-state index is 0.452. The van der Waals surface area contributed by atoms with E-state index in [0.717, 1.165) is 10.9 Å². The standard InChI is InChI=1S/C11H10N2O2/c14-7-11(15)13-10-6-5-8-3-1-2-4-9(8)12-10/h1-6,14H,7H2,(H,12,13,15). The van der Waals surface area contributed by atoms with E-state index in [4.69, 9.17) is 5.11 Å². The molecule has 1 heterocycles. The molecule has 2 N–H and O–H groups in total. The summed E-state index contributed by atoms with van der Waals surface area (Å²) in [5.41, 5.74) is 0.813. The fourth-order valence-corrected chi connectivity index (χ4v) is 1.32. The first kappa shape index (κ1) is 9.61. The number of nitrogens with zero attached hydrogens (tertiary/aromatic N) is 1. The third-order valence-corrected chi connectivity index (χ3v) is 2.01. The zero-order valence-electron chi connectivity index (χ0n) is 7.97. The molecule has 0 aliphatic rings. The Bertz CT molecular complexity index is 497. The number of hydrogen-bond acceptors (Lipinski definition) is 3. The number of aliphatic hydroxyl groups is 1. The lowest BCUT2D eigenvalue weighted by atomic mass is 10.2. The third kappa shape index (κ3) is 2.11. The normalized spacial score (nSPS) is 10.2. The van der Waals surface area contributed by atoms with Crippen molar-refractivity contribution in [2.75, 3.05) is 11.9 Å². The molecule has 0 fully saturated rings. The fraction of sp³-hybridized carbons (Fsp3) is 0.0909. The van der Waals surface area contributed by atoms with Gasteiger partial charge in [0.05, 0.1) is 5.52 Å². The van der Waals surface area contributed by atoms with Gasteiger partial charge in [-0.15, -0.1) is 0 Å². The Balaban J connectivity index is 2.34. The van der Waals surface area contributed by atoms with Crippen LogP contribution in [-0.4, -0.2) is 22.6 Å². The molecular formula is C11H10N2O2. The fourth-order valence-electron chi connectivity index (χ4n) is 1.32. The maximum absolute atomic E-state index is 10.9. The molecule has 0 saturated carbocycles. The lowest BCUT2D eigenvalue weighted by Crippen LogP contribution is -2.16. The van der Waals surface area contributed by atoms with E-state index in [0.29, 0.717) is 5.82 Å². The second-order valence-corrected chi connectivity index (χ2v) is 3.10. The molecule has 0 atom stereocenters.